The van der Waals surface area contributed by atoms with E-state index in [9.17, 15) is 2.74 Å². The van der Waals surface area contributed by atoms with Crippen molar-refractivity contribution in [3.8, 4) is 56.0 Å². The van der Waals surface area contributed by atoms with Crippen molar-refractivity contribution >= 4 is 68.8 Å². The standard InChI is InChI=1S/C84H79N4OSi.Pt/c1-54-34-37-69-70-38-35-55(2)43-78(70)90(77(69)42-54)75-33-21-20-32-73(75)88(79-50-60(40-41-85-79)81(3,4)5)74-52-66(36-39-76(74)90)89-65-27-22-26-64(51-65)86-53-87(72-31-19-18-30-71(72)86)80-67(56-24-16-15-17-25-56)28-23-29-68(80)59-44-57(45-61(48-59)82(6,7)8)58-46-62(83(9,10)11)49-63(47-58)84(12,13)14;/h15-50,53H,1-14H3;/q-3;/i15D,16D,17D,24D,25D;. The first-order chi connectivity index (χ1) is 45.0. The number of ether oxygens (including phenoxy) is 1. The second kappa shape index (κ2) is 22.7. The Bertz CT molecular complexity index is 4860. The van der Waals surface area contributed by atoms with E-state index in [-0.39, 0.29) is 60.4 Å². The maximum absolute atomic E-state index is 9.50. The topological polar surface area (TPSA) is 31.8 Å². The van der Waals surface area contributed by atoms with Crippen LogP contribution in [0.15, 0.2) is 218 Å². The fraction of sp³-hybridized carbons (Fsp3) is 0.214. The number of aryl methyl sites for hydroxylation is 2. The minimum Gasteiger partial charge on any atom is -0.509 e. The fourth-order valence-electron chi connectivity index (χ4n) is 13.5. The zero-order valence-corrected chi connectivity index (χ0v) is 57.8. The van der Waals surface area contributed by atoms with E-state index in [2.05, 4.69) is 263 Å². The average molecular weight is 1390 g/mol. The molecule has 0 N–H and O–H groups in total. The first-order valence-corrected chi connectivity index (χ1v) is 33.4. The number of pyridine rings is 1. The fourth-order valence-corrected chi connectivity index (χ4v) is 19.2. The van der Waals surface area contributed by atoms with Crippen LogP contribution in [0.25, 0.3) is 44.5 Å². The van der Waals surface area contributed by atoms with Crippen LogP contribution in [-0.2, 0) is 42.7 Å². The van der Waals surface area contributed by atoms with Gasteiger partial charge in [0.15, 0.2) is 0 Å². The Morgan fingerprint density at radius 3 is 1.60 bits per heavy atom. The van der Waals surface area contributed by atoms with E-state index < -0.39 is 26.2 Å². The van der Waals surface area contributed by atoms with Gasteiger partial charge in [0.2, 0.25) is 0 Å². The Balaban J connectivity index is 0.00000833. The predicted molar refractivity (Wildman–Crippen MR) is 381 cm³/mol. The van der Waals surface area contributed by atoms with Crippen molar-refractivity contribution < 1.29 is 32.7 Å². The zero-order chi connectivity index (χ0) is 67.2. The van der Waals surface area contributed by atoms with Gasteiger partial charge in [-0.15, -0.1) is 47.9 Å². The minimum absolute atomic E-state index is 0. The molecule has 0 aliphatic carbocycles. The predicted octanol–water partition coefficient (Wildman–Crippen LogP) is 19.8. The van der Waals surface area contributed by atoms with E-state index in [1.807, 2.05) is 55.3 Å². The summed E-state index contributed by atoms with van der Waals surface area (Å²) in [6.45, 7) is 33.4. The van der Waals surface area contributed by atoms with E-state index in [0.29, 0.717) is 28.4 Å². The molecule has 3 aliphatic heterocycles. The van der Waals surface area contributed by atoms with Crippen molar-refractivity contribution in [3.63, 3.8) is 0 Å². The molecule has 10 aromatic carbocycles. The summed E-state index contributed by atoms with van der Waals surface area (Å²) in [5.74, 6) is 1.80. The number of rotatable bonds is 8. The maximum Gasteiger partial charge on any atom is 0.135 e. The molecular weight excluding hydrogens is 1300 g/mol. The molecule has 0 saturated heterocycles. The van der Waals surface area contributed by atoms with Gasteiger partial charge in [-0.25, -0.2) is 4.98 Å². The Hall–Kier alpha value is -8.54. The molecule has 7 heteroatoms. The number of aromatic nitrogens is 1. The number of fused-ring (bicyclic) bond motifs is 10. The van der Waals surface area contributed by atoms with Crippen molar-refractivity contribution in [2.24, 2.45) is 0 Å². The van der Waals surface area contributed by atoms with E-state index >= 15 is 0 Å². The van der Waals surface area contributed by atoms with Crippen LogP contribution in [0.4, 0.5) is 39.9 Å². The third-order valence-electron chi connectivity index (χ3n) is 18.4. The van der Waals surface area contributed by atoms with Crippen molar-refractivity contribution in [2.45, 2.75) is 119 Å². The van der Waals surface area contributed by atoms with Gasteiger partial charge >= 0.3 is 0 Å². The van der Waals surface area contributed by atoms with Crippen molar-refractivity contribution in [1.82, 2.24) is 4.98 Å². The molecule has 0 radical (unpaired) electrons. The Labute approximate surface area is 562 Å². The number of hydrogen-bond acceptors (Lipinski definition) is 5. The second-order valence-corrected chi connectivity index (χ2v) is 32.5. The first kappa shape index (κ1) is 55.3. The molecule has 0 amide bonds. The molecule has 0 bridgehead atoms. The molecule has 458 valence electrons. The molecule has 4 heterocycles. The van der Waals surface area contributed by atoms with Gasteiger partial charge in [-0.05, 0) is 143 Å². The van der Waals surface area contributed by atoms with Crippen LogP contribution >= 0.6 is 0 Å². The normalized spacial score (nSPS) is 14.7. The largest absolute Gasteiger partial charge is 0.509 e. The quantitative estimate of drug-likeness (QED) is 0.112. The summed E-state index contributed by atoms with van der Waals surface area (Å²) < 4.78 is 52.7. The van der Waals surface area contributed by atoms with Crippen LogP contribution < -0.4 is 40.2 Å². The molecule has 1 spiro atoms. The number of anilines is 7. The van der Waals surface area contributed by atoms with E-state index in [4.69, 9.17) is 13.8 Å². The van der Waals surface area contributed by atoms with Gasteiger partial charge in [-0.3, -0.25) is 0 Å². The second-order valence-electron chi connectivity index (χ2n) is 28.8. The van der Waals surface area contributed by atoms with E-state index in [1.165, 1.54) is 59.7 Å². The van der Waals surface area contributed by atoms with Crippen LogP contribution in [-0.4, -0.2) is 13.1 Å². The van der Waals surface area contributed by atoms with Crippen LogP contribution in [0, 0.1) is 32.6 Å². The Morgan fingerprint density at radius 1 is 0.440 bits per heavy atom. The zero-order valence-electron chi connectivity index (χ0n) is 59.5. The molecule has 11 aromatic rings. The van der Waals surface area contributed by atoms with E-state index in [0.717, 1.165) is 56.4 Å². The molecule has 0 fully saturated rings. The number of nitrogens with zero attached hydrogens (tertiary/aromatic N) is 4. The van der Waals surface area contributed by atoms with Crippen LogP contribution in [0.5, 0.6) is 11.5 Å². The van der Waals surface area contributed by atoms with Gasteiger partial charge < -0.3 is 19.4 Å². The van der Waals surface area contributed by atoms with Crippen molar-refractivity contribution in [1.29, 1.82) is 0 Å². The number of benzene rings is 10. The molecule has 14 rings (SSSR count). The molecule has 5 nitrogen and oxygen atoms in total. The summed E-state index contributed by atoms with van der Waals surface area (Å²) in [6.07, 6.45) is 1.92. The SMILES string of the molecule is [2H]c1c([2H])c([2H])c(-c2cccc(-c3cc(-c4cc(C(C)(C)C)cc(C(C)(C)C)c4)cc(C(C)(C)C)c3)c2N2[CH-]N(c3[c-]c(Oc4[c-]c5c(cc4)[Si]4(c6cc(C)ccc6-c6ccc(C)cc64)c4ccccc4N5c4cc(C(C)(C)C)ccn4)ccc3)c3ccccc32)c([2H])c1[2H].[Pt]. The summed E-state index contributed by atoms with van der Waals surface area (Å²) >= 11 is 0. The molecule has 0 saturated carbocycles. The molecular formula is C84H79N4OPtSi-3. The molecule has 0 unspecified atom stereocenters. The molecule has 3 aliphatic rings. The van der Waals surface area contributed by atoms with Gasteiger partial charge in [0.25, 0.3) is 0 Å². The number of para-hydroxylation sites is 4. The van der Waals surface area contributed by atoms with Crippen LogP contribution in [0.3, 0.4) is 0 Å². The van der Waals surface area contributed by atoms with E-state index in [1.54, 1.807) is 0 Å². The van der Waals surface area contributed by atoms with Gasteiger partial charge in [-0.2, -0.15) is 12.1 Å². The third kappa shape index (κ3) is 10.8. The summed E-state index contributed by atoms with van der Waals surface area (Å²) in [5, 5.41) is 5.24. The summed E-state index contributed by atoms with van der Waals surface area (Å²) in [6, 6.07) is 71.2. The summed E-state index contributed by atoms with van der Waals surface area (Å²) in [7, 11) is -3.04. The Kier molecular flexibility index (Phi) is 13.8. The van der Waals surface area contributed by atoms with Gasteiger partial charge in [-0.1, -0.05) is 245 Å². The minimum atomic E-state index is -3.04. The van der Waals surface area contributed by atoms with Crippen molar-refractivity contribution in [2.75, 3.05) is 14.7 Å². The van der Waals surface area contributed by atoms with Crippen LogP contribution in [0.1, 0.15) is 123 Å². The molecule has 91 heavy (non-hydrogen) atoms. The molecule has 0 atom stereocenters. The van der Waals surface area contributed by atoms with Gasteiger partial charge in [0.05, 0.1) is 6.85 Å². The summed E-state index contributed by atoms with van der Waals surface area (Å²) in [5.41, 5.74) is 18.6. The smallest absolute Gasteiger partial charge is 0.135 e. The van der Waals surface area contributed by atoms with Gasteiger partial charge in [0.1, 0.15) is 13.9 Å². The monoisotopic (exact) mass is 1390 g/mol. The Morgan fingerprint density at radius 2 is 0.978 bits per heavy atom. The number of hydrogen-bond donors (Lipinski definition) is 0. The maximum atomic E-state index is 9.50. The molecule has 1 aromatic heterocycles. The first-order valence-electron chi connectivity index (χ1n) is 33.9. The van der Waals surface area contributed by atoms with Crippen LogP contribution in [0.2, 0.25) is 0 Å². The third-order valence-corrected chi connectivity index (χ3v) is 23.3. The summed E-state index contributed by atoms with van der Waals surface area (Å²) in [4.78, 5) is 11.6. The average Bonchev–Trinajstić information content (AvgIpc) is 1.47. The van der Waals surface area contributed by atoms with Gasteiger partial charge in [0, 0.05) is 72.6 Å². The van der Waals surface area contributed by atoms with Crippen molar-refractivity contribution in [3.05, 3.63) is 271 Å².